The molecule has 4 unspecified atom stereocenters. The van der Waals surface area contributed by atoms with Gasteiger partial charge in [-0.25, -0.2) is 0 Å². The Morgan fingerprint density at radius 1 is 1.15 bits per heavy atom. The molecule has 0 aromatic carbocycles. The summed E-state index contributed by atoms with van der Waals surface area (Å²) in [5.41, 5.74) is 0. The van der Waals surface area contributed by atoms with Gasteiger partial charge in [0.05, 0.1) is 6.10 Å². The van der Waals surface area contributed by atoms with Crippen LogP contribution in [0.15, 0.2) is 0 Å². The molecule has 3 N–H and O–H groups in total. The van der Waals surface area contributed by atoms with Gasteiger partial charge >= 0.3 is 0 Å². The minimum Gasteiger partial charge on any atom is -0.393 e. The fraction of sp³-hybridized carbons (Fsp3) is 0.933. The normalized spacial score (nSPS) is 39.4. The van der Waals surface area contributed by atoms with Crippen LogP contribution in [0, 0.1) is 11.8 Å². The summed E-state index contributed by atoms with van der Waals surface area (Å²) in [4.78, 5) is 12.0. The summed E-state index contributed by atoms with van der Waals surface area (Å²) in [7, 11) is 0. The molecule has 1 saturated carbocycles. The number of aliphatic hydroxyl groups excluding tert-OH is 1. The number of piperidine rings is 1. The Balaban J connectivity index is 0.00000147. The van der Waals surface area contributed by atoms with Crippen LogP contribution in [0.3, 0.4) is 0 Å². The van der Waals surface area contributed by atoms with Crippen LogP contribution in [0.4, 0.5) is 0 Å². The van der Waals surface area contributed by atoms with E-state index in [2.05, 4.69) is 10.6 Å². The summed E-state index contributed by atoms with van der Waals surface area (Å²) in [5.74, 6) is 1.03. The molecule has 4 atom stereocenters. The summed E-state index contributed by atoms with van der Waals surface area (Å²) in [5, 5.41) is 16.4. The third-order valence-corrected chi connectivity index (χ3v) is 5.23. The Morgan fingerprint density at radius 2 is 1.85 bits per heavy atom. The van der Waals surface area contributed by atoms with Crippen molar-refractivity contribution in [3.05, 3.63) is 0 Å². The molecule has 5 heteroatoms. The van der Waals surface area contributed by atoms with Crippen molar-refractivity contribution in [1.29, 1.82) is 0 Å². The Labute approximate surface area is 127 Å². The lowest BCUT2D eigenvalue weighted by atomic mass is 9.89. The highest BCUT2D eigenvalue weighted by molar-refractivity contribution is 5.85. The molecule has 0 aromatic rings. The second-order valence-corrected chi connectivity index (χ2v) is 6.74. The van der Waals surface area contributed by atoms with E-state index in [-0.39, 0.29) is 30.3 Å². The summed E-state index contributed by atoms with van der Waals surface area (Å²) in [6, 6.07) is 1.32. The van der Waals surface area contributed by atoms with E-state index in [0.717, 1.165) is 32.1 Å². The van der Waals surface area contributed by atoms with Crippen molar-refractivity contribution >= 4 is 18.3 Å². The third-order valence-electron chi connectivity index (χ3n) is 5.23. The van der Waals surface area contributed by atoms with Crippen molar-refractivity contribution in [2.24, 2.45) is 11.8 Å². The van der Waals surface area contributed by atoms with Gasteiger partial charge in [0.25, 0.3) is 0 Å². The summed E-state index contributed by atoms with van der Waals surface area (Å²) >= 11 is 0. The number of hydrogen-bond donors (Lipinski definition) is 3. The Hall–Kier alpha value is -0.320. The molecule has 1 aliphatic carbocycles. The van der Waals surface area contributed by atoms with Crippen LogP contribution in [0.1, 0.15) is 51.4 Å². The molecule has 3 rings (SSSR count). The number of fused-ring (bicyclic) bond motifs is 2. The molecule has 3 fully saturated rings. The Bertz CT molecular complexity index is 328. The monoisotopic (exact) mass is 302 g/mol. The summed E-state index contributed by atoms with van der Waals surface area (Å²) in [6.07, 6.45) is 8.43. The number of aliphatic hydroxyl groups is 1. The first-order valence-electron chi connectivity index (χ1n) is 7.91. The van der Waals surface area contributed by atoms with Gasteiger partial charge in [0.15, 0.2) is 0 Å². The number of amides is 1. The van der Waals surface area contributed by atoms with E-state index < -0.39 is 0 Å². The molecule has 0 radical (unpaired) electrons. The van der Waals surface area contributed by atoms with Crippen molar-refractivity contribution < 1.29 is 9.90 Å². The molecule has 2 heterocycles. The first kappa shape index (κ1) is 16.1. The van der Waals surface area contributed by atoms with Gasteiger partial charge in [-0.1, -0.05) is 6.42 Å². The van der Waals surface area contributed by atoms with Gasteiger partial charge in [-0.3, -0.25) is 4.79 Å². The highest BCUT2D eigenvalue weighted by Crippen LogP contribution is 2.32. The van der Waals surface area contributed by atoms with E-state index in [1.165, 1.54) is 12.8 Å². The molecule has 1 amide bonds. The van der Waals surface area contributed by atoms with E-state index in [9.17, 15) is 9.90 Å². The average molecular weight is 303 g/mol. The zero-order valence-corrected chi connectivity index (χ0v) is 12.8. The first-order chi connectivity index (χ1) is 9.20. The average Bonchev–Trinajstić information content (AvgIpc) is 2.93. The predicted octanol–water partition coefficient (Wildman–Crippen LogP) is 1.61. The van der Waals surface area contributed by atoms with Crippen molar-refractivity contribution in [2.45, 2.75) is 69.6 Å². The van der Waals surface area contributed by atoms with E-state index in [1.54, 1.807) is 0 Å². The number of halogens is 1. The van der Waals surface area contributed by atoms with Crippen LogP contribution in [0.25, 0.3) is 0 Å². The SMILES string of the molecule is Cl.O=C(CC1CC2CCC(C1)N2)NCC1CCCC1O. The third kappa shape index (κ3) is 3.86. The molecule has 116 valence electrons. The van der Waals surface area contributed by atoms with Gasteiger partial charge in [0.1, 0.15) is 0 Å². The van der Waals surface area contributed by atoms with Crippen LogP contribution in [0.5, 0.6) is 0 Å². The zero-order valence-electron chi connectivity index (χ0n) is 12.0. The van der Waals surface area contributed by atoms with Crippen LogP contribution >= 0.6 is 12.4 Å². The minimum atomic E-state index is -0.199. The second-order valence-electron chi connectivity index (χ2n) is 6.74. The van der Waals surface area contributed by atoms with Crippen LogP contribution in [-0.4, -0.2) is 35.7 Å². The minimum absolute atomic E-state index is 0. The van der Waals surface area contributed by atoms with E-state index in [4.69, 9.17) is 0 Å². The lowest BCUT2D eigenvalue weighted by Crippen LogP contribution is -2.40. The molecule has 2 saturated heterocycles. The lowest BCUT2D eigenvalue weighted by molar-refractivity contribution is -0.122. The standard InChI is InChI=1S/C15H26N2O2.ClH/c18-14-3-1-2-11(14)9-16-15(19)8-10-6-12-4-5-13(7-10)17-12;/h10-14,17-18H,1-9H2,(H,16,19);1H. The van der Waals surface area contributed by atoms with Gasteiger partial charge in [-0.05, 0) is 44.4 Å². The maximum absolute atomic E-state index is 12.0. The Morgan fingerprint density at radius 3 is 2.45 bits per heavy atom. The molecule has 20 heavy (non-hydrogen) atoms. The Kier molecular flexibility index (Phi) is 5.70. The van der Waals surface area contributed by atoms with Gasteiger partial charge < -0.3 is 15.7 Å². The summed E-state index contributed by atoms with van der Waals surface area (Å²) < 4.78 is 0. The first-order valence-corrected chi connectivity index (χ1v) is 7.91. The van der Waals surface area contributed by atoms with Gasteiger partial charge in [0, 0.05) is 31.0 Å². The molecular formula is C15H27ClN2O2. The molecular weight excluding hydrogens is 276 g/mol. The van der Waals surface area contributed by atoms with Gasteiger partial charge in [-0.15, -0.1) is 12.4 Å². The smallest absolute Gasteiger partial charge is 0.220 e. The molecule has 3 aliphatic rings. The quantitative estimate of drug-likeness (QED) is 0.739. The number of hydrogen-bond acceptors (Lipinski definition) is 3. The van der Waals surface area contributed by atoms with Gasteiger partial charge in [-0.2, -0.15) is 0 Å². The van der Waals surface area contributed by atoms with Crippen LogP contribution in [0.2, 0.25) is 0 Å². The molecule has 2 aliphatic heterocycles. The molecule has 0 aromatic heterocycles. The second kappa shape index (κ2) is 7.10. The molecule has 2 bridgehead atoms. The fourth-order valence-electron chi connectivity index (χ4n) is 4.18. The number of rotatable bonds is 4. The topological polar surface area (TPSA) is 61.4 Å². The van der Waals surface area contributed by atoms with Crippen molar-refractivity contribution in [1.82, 2.24) is 10.6 Å². The van der Waals surface area contributed by atoms with Crippen molar-refractivity contribution in [2.75, 3.05) is 6.54 Å². The lowest BCUT2D eigenvalue weighted by Gasteiger charge is -2.28. The van der Waals surface area contributed by atoms with Gasteiger partial charge in [0.2, 0.25) is 5.91 Å². The highest BCUT2D eigenvalue weighted by Gasteiger charge is 2.34. The maximum atomic E-state index is 12.0. The van der Waals surface area contributed by atoms with Crippen LogP contribution < -0.4 is 10.6 Å². The van der Waals surface area contributed by atoms with Crippen molar-refractivity contribution in [3.63, 3.8) is 0 Å². The van der Waals surface area contributed by atoms with Crippen LogP contribution in [-0.2, 0) is 4.79 Å². The highest BCUT2D eigenvalue weighted by atomic mass is 35.5. The number of nitrogens with one attached hydrogen (secondary N) is 2. The summed E-state index contributed by atoms with van der Waals surface area (Å²) in [6.45, 7) is 0.665. The largest absolute Gasteiger partial charge is 0.393 e. The van der Waals surface area contributed by atoms with E-state index >= 15 is 0 Å². The molecule has 0 spiro atoms. The zero-order chi connectivity index (χ0) is 13.2. The van der Waals surface area contributed by atoms with Crippen molar-refractivity contribution in [3.8, 4) is 0 Å². The number of carbonyl (C=O) groups excluding carboxylic acids is 1. The fourth-order valence-corrected chi connectivity index (χ4v) is 4.18. The predicted molar refractivity (Wildman–Crippen MR) is 80.9 cm³/mol. The van der Waals surface area contributed by atoms with E-state index in [0.29, 0.717) is 31.0 Å². The maximum Gasteiger partial charge on any atom is 0.220 e. The molecule has 4 nitrogen and oxygen atoms in total. The number of carbonyl (C=O) groups is 1. The van der Waals surface area contributed by atoms with E-state index in [1.807, 2.05) is 0 Å².